The van der Waals surface area contributed by atoms with Crippen LogP contribution in [0.4, 0.5) is 11.5 Å². The van der Waals surface area contributed by atoms with E-state index in [0.717, 1.165) is 36.8 Å². The Bertz CT molecular complexity index is 1610. The van der Waals surface area contributed by atoms with E-state index in [0.29, 0.717) is 55.8 Å². The maximum absolute atomic E-state index is 5.96. The first-order valence-corrected chi connectivity index (χ1v) is 14.4. The summed E-state index contributed by atoms with van der Waals surface area (Å²) in [6.45, 7) is 2.26. The van der Waals surface area contributed by atoms with Gasteiger partial charge in [-0.1, -0.05) is 49.2 Å². The number of halogens is 2. The Kier molecular flexibility index (Phi) is 9.78. The average Bonchev–Trinajstić information content (AvgIpc) is 3.42. The normalized spacial score (nSPS) is 11.1. The van der Waals surface area contributed by atoms with E-state index in [1.807, 2.05) is 53.3 Å². The molecular formula is C29H28Br2N6O4. The number of anilines is 2. The van der Waals surface area contributed by atoms with Crippen molar-refractivity contribution in [2.45, 2.75) is 6.54 Å². The zero-order chi connectivity index (χ0) is 28.6. The molecule has 0 aliphatic heterocycles. The second kappa shape index (κ2) is 13.9. The second-order valence-electron chi connectivity index (χ2n) is 9.01. The number of nitrogens with zero attached hydrogens (tertiary/aromatic N) is 5. The molecule has 0 unspecified atom stereocenters. The molecule has 2 heterocycles. The number of rotatable bonds is 13. The highest BCUT2D eigenvalue weighted by atomic mass is 79.9. The number of hydrogen-bond acceptors (Lipinski definition) is 9. The third-order valence-electron chi connectivity index (χ3n) is 6.02. The van der Waals surface area contributed by atoms with Crippen molar-refractivity contribution in [3.63, 3.8) is 0 Å². The van der Waals surface area contributed by atoms with Crippen molar-refractivity contribution in [1.82, 2.24) is 25.0 Å². The van der Waals surface area contributed by atoms with Gasteiger partial charge in [-0.3, -0.25) is 0 Å². The number of ether oxygens (including phenoxy) is 4. The van der Waals surface area contributed by atoms with Crippen LogP contribution in [-0.2, 0) is 16.0 Å². The average molecular weight is 684 g/mol. The van der Waals surface area contributed by atoms with Crippen molar-refractivity contribution in [3.8, 4) is 22.8 Å². The lowest BCUT2D eigenvalue weighted by molar-refractivity contribution is 0.132. The van der Waals surface area contributed by atoms with Gasteiger partial charge in [-0.2, -0.15) is 0 Å². The minimum Gasteiger partial charge on any atom is -0.487 e. The zero-order valence-corrected chi connectivity index (χ0v) is 25.7. The predicted molar refractivity (Wildman–Crippen MR) is 164 cm³/mol. The lowest BCUT2D eigenvalue weighted by Crippen LogP contribution is -2.09. The Morgan fingerprint density at radius 2 is 1.56 bits per heavy atom. The molecule has 212 valence electrons. The summed E-state index contributed by atoms with van der Waals surface area (Å²) >= 11 is 7.08. The summed E-state index contributed by atoms with van der Waals surface area (Å²) in [6.07, 6.45) is 3.45. The van der Waals surface area contributed by atoms with E-state index >= 15 is 0 Å². The van der Waals surface area contributed by atoms with Gasteiger partial charge < -0.3 is 24.3 Å². The Morgan fingerprint density at radius 3 is 2.29 bits per heavy atom. The molecule has 41 heavy (non-hydrogen) atoms. The van der Waals surface area contributed by atoms with Gasteiger partial charge in [0.15, 0.2) is 11.5 Å². The largest absolute Gasteiger partial charge is 0.487 e. The molecule has 0 saturated heterocycles. The van der Waals surface area contributed by atoms with Crippen LogP contribution in [0.3, 0.4) is 0 Å². The molecule has 0 fully saturated rings. The maximum Gasteiger partial charge on any atom is 0.163 e. The minimum atomic E-state index is 0.376. The van der Waals surface area contributed by atoms with Crippen molar-refractivity contribution in [3.05, 3.63) is 81.6 Å². The molecule has 0 bridgehead atoms. The molecule has 0 aliphatic rings. The van der Waals surface area contributed by atoms with Crippen LogP contribution >= 0.6 is 31.9 Å². The van der Waals surface area contributed by atoms with Crippen LogP contribution in [0.15, 0.2) is 76.1 Å². The topological polar surface area (TPSA) is 105 Å². The lowest BCUT2D eigenvalue weighted by Gasteiger charge is -2.15. The van der Waals surface area contributed by atoms with E-state index in [2.05, 4.69) is 69.6 Å². The van der Waals surface area contributed by atoms with Crippen LogP contribution in [0.1, 0.15) is 5.56 Å². The molecule has 0 saturated carbocycles. The number of aromatic nitrogens is 5. The summed E-state index contributed by atoms with van der Waals surface area (Å²) < 4.78 is 25.9. The molecule has 0 spiro atoms. The summed E-state index contributed by atoms with van der Waals surface area (Å²) in [7, 11) is 3.26. The fourth-order valence-corrected chi connectivity index (χ4v) is 5.54. The molecule has 0 amide bonds. The van der Waals surface area contributed by atoms with E-state index < -0.39 is 0 Å². The van der Waals surface area contributed by atoms with Gasteiger partial charge in [-0.05, 0) is 42.0 Å². The van der Waals surface area contributed by atoms with Gasteiger partial charge in [0.05, 0.1) is 31.5 Å². The molecule has 0 atom stereocenters. The van der Waals surface area contributed by atoms with E-state index in [-0.39, 0.29) is 0 Å². The van der Waals surface area contributed by atoms with Gasteiger partial charge in [-0.25, -0.2) is 14.6 Å². The highest BCUT2D eigenvalue weighted by Gasteiger charge is 2.14. The van der Waals surface area contributed by atoms with Gasteiger partial charge in [0.1, 0.15) is 31.1 Å². The molecule has 0 aliphatic carbocycles. The van der Waals surface area contributed by atoms with Crippen molar-refractivity contribution in [1.29, 1.82) is 0 Å². The molecule has 1 N–H and O–H groups in total. The zero-order valence-electron chi connectivity index (χ0n) is 22.5. The Morgan fingerprint density at radius 1 is 0.829 bits per heavy atom. The van der Waals surface area contributed by atoms with Gasteiger partial charge in [0, 0.05) is 45.9 Å². The second-order valence-corrected chi connectivity index (χ2v) is 10.8. The van der Waals surface area contributed by atoms with Gasteiger partial charge >= 0.3 is 0 Å². The standard InChI is InChI=1S/C29H28Br2N6O4/c1-38-6-8-40-27-14-24-25(15-28(27)41-9-7-39-2)32-18-33-29(24)34-23-5-3-4-20(12-23)26-17-37(36-35-26)16-19-10-21(30)13-22(31)11-19/h3-5,10-15,17-18H,6-9,16H2,1-2H3,(H,32,33,34). The predicted octanol–water partition coefficient (Wildman–Crippen LogP) is 6.26. The third-order valence-corrected chi connectivity index (χ3v) is 6.93. The summed E-state index contributed by atoms with van der Waals surface area (Å²) in [5.74, 6) is 1.79. The van der Waals surface area contributed by atoms with Crippen LogP contribution in [-0.4, -0.2) is 65.6 Å². The smallest absolute Gasteiger partial charge is 0.163 e. The molecular weight excluding hydrogens is 656 g/mol. The molecule has 10 nitrogen and oxygen atoms in total. The maximum atomic E-state index is 5.96. The fraction of sp³-hybridized carbons (Fsp3) is 0.241. The fourth-order valence-electron chi connectivity index (χ4n) is 4.15. The van der Waals surface area contributed by atoms with Crippen LogP contribution in [0.5, 0.6) is 11.5 Å². The molecule has 3 aromatic carbocycles. The van der Waals surface area contributed by atoms with Crippen LogP contribution < -0.4 is 14.8 Å². The number of fused-ring (bicyclic) bond motifs is 1. The first-order chi connectivity index (χ1) is 20.0. The van der Waals surface area contributed by atoms with E-state index in [4.69, 9.17) is 18.9 Å². The van der Waals surface area contributed by atoms with Gasteiger partial charge in [-0.15, -0.1) is 5.10 Å². The third kappa shape index (κ3) is 7.59. The van der Waals surface area contributed by atoms with Crippen molar-refractivity contribution < 1.29 is 18.9 Å². The number of hydrogen-bond donors (Lipinski definition) is 1. The van der Waals surface area contributed by atoms with Crippen LogP contribution in [0.25, 0.3) is 22.2 Å². The summed E-state index contributed by atoms with van der Waals surface area (Å²) in [5, 5.41) is 12.9. The highest BCUT2D eigenvalue weighted by molar-refractivity contribution is 9.11. The van der Waals surface area contributed by atoms with E-state index in [1.165, 1.54) is 6.33 Å². The molecule has 2 aromatic heterocycles. The Hall–Kier alpha value is -3.58. The lowest BCUT2D eigenvalue weighted by atomic mass is 10.1. The van der Waals surface area contributed by atoms with Crippen molar-refractivity contribution in [2.24, 2.45) is 0 Å². The van der Waals surface area contributed by atoms with E-state index in [9.17, 15) is 0 Å². The van der Waals surface area contributed by atoms with Crippen LogP contribution in [0, 0.1) is 0 Å². The number of nitrogens with one attached hydrogen (secondary N) is 1. The molecule has 5 rings (SSSR count). The quantitative estimate of drug-likeness (QED) is 0.144. The Balaban J connectivity index is 1.38. The van der Waals surface area contributed by atoms with Crippen LogP contribution in [0.2, 0.25) is 0 Å². The molecule has 12 heteroatoms. The summed E-state index contributed by atoms with van der Waals surface area (Å²) in [6, 6.07) is 17.8. The van der Waals surface area contributed by atoms with Gasteiger partial charge in [0.25, 0.3) is 0 Å². The SMILES string of the molecule is COCCOc1cc2ncnc(Nc3cccc(-c4cn(Cc5cc(Br)cc(Br)c5)nn4)c3)c2cc1OCCOC. The first kappa shape index (κ1) is 28.9. The number of methoxy groups -OCH3 is 2. The van der Waals surface area contributed by atoms with Gasteiger partial charge in [0.2, 0.25) is 0 Å². The van der Waals surface area contributed by atoms with E-state index in [1.54, 1.807) is 14.2 Å². The Labute approximate surface area is 254 Å². The highest BCUT2D eigenvalue weighted by Crippen LogP contribution is 2.35. The summed E-state index contributed by atoms with van der Waals surface area (Å²) in [5.41, 5.74) is 4.35. The summed E-state index contributed by atoms with van der Waals surface area (Å²) in [4.78, 5) is 8.96. The monoisotopic (exact) mass is 682 g/mol. The minimum absolute atomic E-state index is 0.376. The number of benzene rings is 3. The molecule has 5 aromatic rings. The first-order valence-electron chi connectivity index (χ1n) is 12.8. The van der Waals surface area contributed by atoms with Crippen molar-refractivity contribution in [2.75, 3.05) is 46.0 Å². The van der Waals surface area contributed by atoms with Crippen molar-refractivity contribution >= 4 is 54.3 Å². The molecule has 0 radical (unpaired) electrons.